The van der Waals surface area contributed by atoms with E-state index in [4.69, 9.17) is 4.74 Å². The highest BCUT2D eigenvalue weighted by atomic mass is 16.5. The zero-order chi connectivity index (χ0) is 13.7. The van der Waals surface area contributed by atoms with Crippen molar-refractivity contribution in [3.05, 3.63) is 0 Å². The van der Waals surface area contributed by atoms with Gasteiger partial charge in [0.1, 0.15) is 6.10 Å². The maximum Gasteiger partial charge on any atom is 0.250 e. The van der Waals surface area contributed by atoms with Gasteiger partial charge in [-0.2, -0.15) is 0 Å². The zero-order valence-corrected chi connectivity index (χ0v) is 11.9. The first-order valence-electron chi connectivity index (χ1n) is 7.47. The largest absolute Gasteiger partial charge is 0.388 e. The fourth-order valence-corrected chi connectivity index (χ4v) is 2.90. The van der Waals surface area contributed by atoms with Gasteiger partial charge >= 0.3 is 0 Å². The molecule has 0 aromatic carbocycles. The Morgan fingerprint density at radius 3 is 2.84 bits per heavy atom. The van der Waals surface area contributed by atoms with E-state index in [2.05, 4.69) is 17.1 Å². The Kier molecular flexibility index (Phi) is 5.19. The lowest BCUT2D eigenvalue weighted by Gasteiger charge is -2.34. The van der Waals surface area contributed by atoms with Crippen LogP contribution in [0.5, 0.6) is 0 Å². The summed E-state index contributed by atoms with van der Waals surface area (Å²) in [7, 11) is 0. The van der Waals surface area contributed by atoms with Crippen molar-refractivity contribution in [1.82, 2.24) is 10.2 Å². The topological polar surface area (TPSA) is 61.8 Å². The Labute approximate surface area is 115 Å². The van der Waals surface area contributed by atoms with Gasteiger partial charge in [0.2, 0.25) is 0 Å². The highest BCUT2D eigenvalue weighted by Crippen LogP contribution is 2.27. The summed E-state index contributed by atoms with van der Waals surface area (Å²) in [5.74, 6) is -0.0860. The van der Waals surface area contributed by atoms with Gasteiger partial charge in [-0.3, -0.25) is 9.69 Å². The number of likely N-dealkylation sites (N-methyl/N-ethyl adjacent to an activating group) is 1. The van der Waals surface area contributed by atoms with Gasteiger partial charge in [0, 0.05) is 19.6 Å². The zero-order valence-electron chi connectivity index (χ0n) is 11.9. The summed E-state index contributed by atoms with van der Waals surface area (Å²) in [6.45, 7) is 5.54. The third kappa shape index (κ3) is 4.16. The number of hydrogen-bond acceptors (Lipinski definition) is 4. The van der Waals surface area contributed by atoms with Crippen molar-refractivity contribution in [1.29, 1.82) is 0 Å². The van der Waals surface area contributed by atoms with Crippen LogP contribution in [-0.4, -0.2) is 60.4 Å². The Hall–Kier alpha value is -0.650. The van der Waals surface area contributed by atoms with Crippen LogP contribution in [0.15, 0.2) is 0 Å². The summed E-state index contributed by atoms with van der Waals surface area (Å²) >= 11 is 0. The van der Waals surface area contributed by atoms with Gasteiger partial charge in [0.25, 0.3) is 5.91 Å². The SMILES string of the molecule is CCN1CCOC(C(=O)NCC2(O)CCCCC2)C1. The van der Waals surface area contributed by atoms with Crippen LogP contribution in [0.1, 0.15) is 39.0 Å². The molecule has 1 unspecified atom stereocenters. The van der Waals surface area contributed by atoms with Crippen LogP contribution in [0.3, 0.4) is 0 Å². The van der Waals surface area contributed by atoms with Gasteiger partial charge in [0.15, 0.2) is 0 Å². The van der Waals surface area contributed by atoms with Crippen molar-refractivity contribution in [2.24, 2.45) is 0 Å². The number of nitrogens with one attached hydrogen (secondary N) is 1. The molecule has 2 aliphatic rings. The minimum atomic E-state index is -0.701. The molecule has 0 spiro atoms. The summed E-state index contributed by atoms with van der Waals surface area (Å²) in [6.07, 6.45) is 4.49. The van der Waals surface area contributed by atoms with Crippen LogP contribution in [0, 0.1) is 0 Å². The van der Waals surface area contributed by atoms with E-state index in [9.17, 15) is 9.90 Å². The Morgan fingerprint density at radius 2 is 2.16 bits per heavy atom. The maximum absolute atomic E-state index is 12.1. The lowest BCUT2D eigenvalue weighted by Crippen LogP contribution is -2.52. The number of hydrogen-bond donors (Lipinski definition) is 2. The van der Waals surface area contributed by atoms with Crippen molar-refractivity contribution in [2.75, 3.05) is 32.8 Å². The maximum atomic E-state index is 12.1. The molecule has 1 heterocycles. The molecule has 19 heavy (non-hydrogen) atoms. The van der Waals surface area contributed by atoms with Crippen molar-refractivity contribution in [2.45, 2.75) is 50.7 Å². The van der Waals surface area contributed by atoms with E-state index in [0.717, 1.165) is 38.8 Å². The predicted molar refractivity (Wildman–Crippen MR) is 72.9 cm³/mol. The van der Waals surface area contributed by atoms with Crippen molar-refractivity contribution in [3.63, 3.8) is 0 Å². The lowest BCUT2D eigenvalue weighted by atomic mass is 9.85. The molecular weight excluding hydrogens is 244 g/mol. The molecule has 2 N–H and O–H groups in total. The highest BCUT2D eigenvalue weighted by molar-refractivity contribution is 5.81. The van der Waals surface area contributed by atoms with Crippen LogP contribution in [-0.2, 0) is 9.53 Å². The van der Waals surface area contributed by atoms with Crippen LogP contribution >= 0.6 is 0 Å². The fourth-order valence-electron chi connectivity index (χ4n) is 2.90. The van der Waals surface area contributed by atoms with E-state index in [1.165, 1.54) is 6.42 Å². The van der Waals surface area contributed by atoms with E-state index in [0.29, 0.717) is 19.7 Å². The van der Waals surface area contributed by atoms with Gasteiger partial charge in [-0.25, -0.2) is 0 Å². The summed E-state index contributed by atoms with van der Waals surface area (Å²) in [5, 5.41) is 13.2. The van der Waals surface area contributed by atoms with Gasteiger partial charge < -0.3 is 15.2 Å². The molecule has 110 valence electrons. The highest BCUT2D eigenvalue weighted by Gasteiger charge is 2.32. The second-order valence-electron chi connectivity index (χ2n) is 5.76. The quantitative estimate of drug-likeness (QED) is 0.782. The lowest BCUT2D eigenvalue weighted by molar-refractivity contribution is -0.139. The van der Waals surface area contributed by atoms with Crippen LogP contribution < -0.4 is 5.32 Å². The van der Waals surface area contributed by atoms with Gasteiger partial charge in [0.05, 0.1) is 12.2 Å². The van der Waals surface area contributed by atoms with Crippen molar-refractivity contribution >= 4 is 5.91 Å². The molecule has 1 saturated carbocycles. The second-order valence-corrected chi connectivity index (χ2v) is 5.76. The van der Waals surface area contributed by atoms with Crippen LogP contribution in [0.4, 0.5) is 0 Å². The molecule has 1 saturated heterocycles. The van der Waals surface area contributed by atoms with Gasteiger partial charge in [-0.1, -0.05) is 26.2 Å². The Morgan fingerprint density at radius 1 is 1.42 bits per heavy atom. The van der Waals surface area contributed by atoms with Crippen LogP contribution in [0.25, 0.3) is 0 Å². The smallest absolute Gasteiger partial charge is 0.250 e. The minimum absolute atomic E-state index is 0.0860. The molecule has 2 rings (SSSR count). The minimum Gasteiger partial charge on any atom is -0.388 e. The number of nitrogens with zero attached hydrogens (tertiary/aromatic N) is 1. The predicted octanol–water partition coefficient (Wildman–Crippen LogP) is 0.518. The monoisotopic (exact) mass is 270 g/mol. The molecule has 1 amide bonds. The molecule has 0 bridgehead atoms. The number of rotatable bonds is 4. The van der Waals surface area contributed by atoms with Crippen LogP contribution in [0.2, 0.25) is 0 Å². The number of carbonyl (C=O) groups excluding carboxylic acids is 1. The molecule has 0 aromatic heterocycles. The number of carbonyl (C=O) groups is 1. The summed E-state index contributed by atoms with van der Waals surface area (Å²) in [5.41, 5.74) is -0.701. The normalized spacial score (nSPS) is 28.0. The van der Waals surface area contributed by atoms with Crippen molar-refractivity contribution in [3.8, 4) is 0 Å². The summed E-state index contributed by atoms with van der Waals surface area (Å²) in [4.78, 5) is 14.3. The molecule has 5 heteroatoms. The first-order chi connectivity index (χ1) is 9.13. The average molecular weight is 270 g/mol. The van der Waals surface area contributed by atoms with E-state index in [-0.39, 0.29) is 12.0 Å². The number of morpholine rings is 1. The van der Waals surface area contributed by atoms with E-state index >= 15 is 0 Å². The summed E-state index contributed by atoms with van der Waals surface area (Å²) in [6, 6.07) is 0. The van der Waals surface area contributed by atoms with E-state index < -0.39 is 5.60 Å². The molecule has 1 atom stereocenters. The Balaban J connectivity index is 1.77. The molecule has 5 nitrogen and oxygen atoms in total. The second kappa shape index (κ2) is 6.68. The standard InChI is InChI=1S/C14H26N2O3/c1-2-16-8-9-19-12(10-16)13(17)15-11-14(18)6-4-3-5-7-14/h12,18H,2-11H2,1H3,(H,15,17). The first kappa shape index (κ1) is 14.8. The third-order valence-electron chi connectivity index (χ3n) is 4.27. The van der Waals surface area contributed by atoms with E-state index in [1.54, 1.807) is 0 Å². The average Bonchev–Trinajstić information content (AvgIpc) is 2.46. The first-order valence-corrected chi connectivity index (χ1v) is 7.47. The number of amides is 1. The third-order valence-corrected chi connectivity index (χ3v) is 4.27. The molecule has 2 fully saturated rings. The van der Waals surface area contributed by atoms with Gasteiger partial charge in [-0.15, -0.1) is 0 Å². The summed E-state index contributed by atoms with van der Waals surface area (Å²) < 4.78 is 5.51. The van der Waals surface area contributed by atoms with Gasteiger partial charge in [-0.05, 0) is 19.4 Å². The fraction of sp³-hybridized carbons (Fsp3) is 0.929. The molecule has 1 aliphatic heterocycles. The van der Waals surface area contributed by atoms with Crippen molar-refractivity contribution < 1.29 is 14.6 Å². The number of aliphatic hydroxyl groups is 1. The Bertz CT molecular complexity index is 303. The molecule has 0 aromatic rings. The van der Waals surface area contributed by atoms with E-state index in [1.807, 2.05) is 0 Å². The number of ether oxygens (including phenoxy) is 1. The molecule has 0 radical (unpaired) electrons. The molecule has 1 aliphatic carbocycles. The molecular formula is C14H26N2O3.